The summed E-state index contributed by atoms with van der Waals surface area (Å²) >= 11 is 0. The topological polar surface area (TPSA) is 118 Å². The van der Waals surface area contributed by atoms with Gasteiger partial charge in [-0.2, -0.15) is 17.4 Å². The maximum atomic E-state index is 14.7. The van der Waals surface area contributed by atoms with Crippen molar-refractivity contribution in [3.8, 4) is 0 Å². The zero-order chi connectivity index (χ0) is 22.8. The van der Waals surface area contributed by atoms with Gasteiger partial charge in [-0.05, 0) is 55.4 Å². The van der Waals surface area contributed by atoms with Crippen LogP contribution in [-0.4, -0.2) is 49.7 Å². The Labute approximate surface area is 181 Å². The fraction of sp³-hybridized carbons (Fsp3) is 0.600. The molecule has 1 fully saturated rings. The SMILES string of the molecule is COCC1CCN(S(=O)(=O)N[C@H](c2n[nH]c(=O)o2)[C@H](C)c2c(F)ccc(C)c2C)CC1. The quantitative estimate of drug-likeness (QED) is 0.629. The van der Waals surface area contributed by atoms with Crippen LogP contribution in [0.25, 0.3) is 0 Å². The number of H-pyrrole nitrogens is 1. The molecule has 172 valence electrons. The molecule has 1 saturated heterocycles. The average Bonchev–Trinajstić information content (AvgIpc) is 3.16. The van der Waals surface area contributed by atoms with Crippen molar-refractivity contribution in [2.45, 2.75) is 45.6 Å². The highest BCUT2D eigenvalue weighted by atomic mass is 32.2. The Morgan fingerprint density at radius 1 is 1.35 bits per heavy atom. The molecule has 1 aromatic heterocycles. The molecule has 0 aliphatic carbocycles. The third-order valence-corrected chi connectivity index (χ3v) is 7.60. The number of nitrogens with zero attached hydrogens (tertiary/aromatic N) is 2. The van der Waals surface area contributed by atoms with Gasteiger partial charge >= 0.3 is 5.76 Å². The van der Waals surface area contributed by atoms with Gasteiger partial charge in [-0.15, -0.1) is 5.10 Å². The number of aromatic amines is 1. The molecule has 2 N–H and O–H groups in total. The van der Waals surface area contributed by atoms with Crippen molar-refractivity contribution in [1.82, 2.24) is 19.2 Å². The summed E-state index contributed by atoms with van der Waals surface area (Å²) in [6.45, 7) is 6.57. The van der Waals surface area contributed by atoms with E-state index in [-0.39, 0.29) is 5.89 Å². The summed E-state index contributed by atoms with van der Waals surface area (Å²) in [5.74, 6) is -1.80. The van der Waals surface area contributed by atoms with Crippen LogP contribution in [-0.2, 0) is 14.9 Å². The molecule has 1 aromatic carbocycles. The van der Waals surface area contributed by atoms with Crippen LogP contribution in [0.4, 0.5) is 4.39 Å². The van der Waals surface area contributed by atoms with Gasteiger partial charge in [-0.1, -0.05) is 13.0 Å². The molecule has 1 aliphatic rings. The summed E-state index contributed by atoms with van der Waals surface area (Å²) in [7, 11) is -2.32. The van der Waals surface area contributed by atoms with Crippen molar-refractivity contribution < 1.29 is 22.0 Å². The van der Waals surface area contributed by atoms with Crippen LogP contribution in [0.1, 0.15) is 54.3 Å². The summed E-state index contributed by atoms with van der Waals surface area (Å²) in [5.41, 5.74) is 1.92. The van der Waals surface area contributed by atoms with E-state index in [1.54, 1.807) is 27.0 Å². The van der Waals surface area contributed by atoms with Gasteiger partial charge in [-0.3, -0.25) is 0 Å². The number of piperidine rings is 1. The monoisotopic (exact) mass is 456 g/mol. The molecule has 9 nitrogen and oxygen atoms in total. The smallest absolute Gasteiger partial charge is 0.391 e. The lowest BCUT2D eigenvalue weighted by Crippen LogP contribution is -2.47. The Balaban J connectivity index is 1.91. The molecule has 11 heteroatoms. The second-order valence-electron chi connectivity index (χ2n) is 8.04. The number of nitrogens with one attached hydrogen (secondary N) is 2. The van der Waals surface area contributed by atoms with Gasteiger partial charge in [0.25, 0.3) is 10.2 Å². The number of rotatable bonds is 8. The molecule has 31 heavy (non-hydrogen) atoms. The van der Waals surface area contributed by atoms with Crippen molar-refractivity contribution in [2.75, 3.05) is 26.8 Å². The highest BCUT2D eigenvalue weighted by molar-refractivity contribution is 7.87. The van der Waals surface area contributed by atoms with Gasteiger partial charge < -0.3 is 9.15 Å². The van der Waals surface area contributed by atoms with Crippen molar-refractivity contribution >= 4 is 10.2 Å². The van der Waals surface area contributed by atoms with Gasteiger partial charge in [0, 0.05) is 32.7 Å². The Morgan fingerprint density at radius 3 is 2.61 bits per heavy atom. The van der Waals surface area contributed by atoms with E-state index >= 15 is 0 Å². The van der Waals surface area contributed by atoms with Crippen LogP contribution in [0.15, 0.2) is 21.3 Å². The first-order valence-corrected chi connectivity index (χ1v) is 11.7. The van der Waals surface area contributed by atoms with E-state index in [0.717, 1.165) is 5.56 Å². The zero-order valence-electron chi connectivity index (χ0n) is 18.1. The minimum absolute atomic E-state index is 0.143. The number of halogens is 1. The highest BCUT2D eigenvalue weighted by Gasteiger charge is 2.36. The maximum absolute atomic E-state index is 14.7. The molecule has 0 amide bonds. The van der Waals surface area contributed by atoms with Crippen molar-refractivity contribution in [1.29, 1.82) is 0 Å². The van der Waals surface area contributed by atoms with Crippen LogP contribution >= 0.6 is 0 Å². The van der Waals surface area contributed by atoms with Crippen molar-refractivity contribution in [3.05, 3.63) is 51.1 Å². The fourth-order valence-electron chi connectivity index (χ4n) is 4.06. The molecule has 0 radical (unpaired) electrons. The molecule has 0 spiro atoms. The van der Waals surface area contributed by atoms with Crippen LogP contribution in [0.2, 0.25) is 0 Å². The largest absolute Gasteiger partial charge is 0.434 e. The Morgan fingerprint density at radius 2 is 2.03 bits per heavy atom. The standard InChI is InChI=1S/C20H29FN4O5S/c1-12-5-6-16(21)17(13(12)2)14(3)18(19-22-23-20(26)30-19)24-31(27,28)25-9-7-15(8-10-25)11-29-4/h5-6,14-15,18,24H,7-11H2,1-4H3,(H,23,26)/t14-,18+/m1/s1. The number of methoxy groups -OCH3 is 1. The molecule has 1 aliphatic heterocycles. The van der Waals surface area contributed by atoms with Crippen LogP contribution in [0, 0.1) is 25.6 Å². The van der Waals surface area contributed by atoms with Crippen LogP contribution in [0.5, 0.6) is 0 Å². The lowest BCUT2D eigenvalue weighted by Gasteiger charge is -2.33. The Hall–Kier alpha value is -2.08. The number of ether oxygens (including phenoxy) is 1. The van der Waals surface area contributed by atoms with Crippen LogP contribution in [0.3, 0.4) is 0 Å². The number of aryl methyl sites for hydroxylation is 1. The normalized spacial score (nSPS) is 18.2. The zero-order valence-corrected chi connectivity index (χ0v) is 19.0. The second-order valence-corrected chi connectivity index (χ2v) is 9.74. The van der Waals surface area contributed by atoms with Gasteiger partial charge in [0.15, 0.2) is 0 Å². The predicted molar refractivity (Wildman–Crippen MR) is 112 cm³/mol. The minimum Gasteiger partial charge on any atom is -0.391 e. The number of benzene rings is 1. The Kier molecular flexibility index (Phi) is 7.30. The van der Waals surface area contributed by atoms with Crippen molar-refractivity contribution in [3.63, 3.8) is 0 Å². The van der Waals surface area contributed by atoms with E-state index in [2.05, 4.69) is 14.9 Å². The summed E-state index contributed by atoms with van der Waals surface area (Å²) in [6, 6.07) is 1.94. The summed E-state index contributed by atoms with van der Waals surface area (Å²) in [6.07, 6.45) is 1.36. The van der Waals surface area contributed by atoms with Gasteiger partial charge in [0.1, 0.15) is 11.9 Å². The van der Waals surface area contributed by atoms with Crippen molar-refractivity contribution in [2.24, 2.45) is 5.92 Å². The average molecular weight is 457 g/mol. The van der Waals surface area contributed by atoms with E-state index in [1.807, 2.05) is 6.92 Å². The molecule has 2 heterocycles. The van der Waals surface area contributed by atoms with E-state index in [1.165, 1.54) is 10.4 Å². The first-order valence-electron chi connectivity index (χ1n) is 10.2. The molecular formula is C20H29FN4O5S. The van der Waals surface area contributed by atoms with E-state index < -0.39 is 33.7 Å². The van der Waals surface area contributed by atoms with E-state index in [9.17, 15) is 17.6 Å². The summed E-state index contributed by atoms with van der Waals surface area (Å²) in [5, 5.41) is 5.97. The van der Waals surface area contributed by atoms with E-state index in [4.69, 9.17) is 9.15 Å². The number of hydrogen-bond donors (Lipinski definition) is 2. The molecule has 2 atom stereocenters. The van der Waals surface area contributed by atoms with Gasteiger partial charge in [0.05, 0.1) is 0 Å². The summed E-state index contributed by atoms with van der Waals surface area (Å²) < 4.78 is 55.2. The van der Waals surface area contributed by atoms with E-state index in [0.29, 0.717) is 49.6 Å². The Bertz CT molecular complexity index is 1060. The molecule has 0 bridgehead atoms. The second kappa shape index (κ2) is 9.60. The lowest BCUT2D eigenvalue weighted by molar-refractivity contribution is 0.121. The third kappa shape index (κ3) is 5.22. The number of aromatic nitrogens is 2. The lowest BCUT2D eigenvalue weighted by atomic mass is 9.88. The maximum Gasteiger partial charge on any atom is 0.434 e. The number of hydrogen-bond acceptors (Lipinski definition) is 6. The van der Waals surface area contributed by atoms with Gasteiger partial charge in [0.2, 0.25) is 5.89 Å². The first-order chi connectivity index (χ1) is 14.6. The highest BCUT2D eigenvalue weighted by Crippen LogP contribution is 2.35. The fourth-order valence-corrected chi connectivity index (χ4v) is 5.52. The first kappa shape index (κ1) is 23.6. The van der Waals surface area contributed by atoms with Gasteiger partial charge in [-0.25, -0.2) is 14.3 Å². The molecular weight excluding hydrogens is 427 g/mol. The predicted octanol–water partition coefficient (Wildman–Crippen LogP) is 2.16. The molecule has 0 unspecified atom stereocenters. The molecule has 3 rings (SSSR count). The molecule has 2 aromatic rings. The minimum atomic E-state index is -3.94. The molecule has 0 saturated carbocycles. The van der Waals surface area contributed by atoms with Crippen LogP contribution < -0.4 is 10.5 Å². The third-order valence-electron chi connectivity index (χ3n) is 6.00. The summed E-state index contributed by atoms with van der Waals surface area (Å²) in [4.78, 5) is 11.5.